The van der Waals surface area contributed by atoms with Crippen molar-refractivity contribution in [2.24, 2.45) is 17.2 Å². The lowest BCUT2D eigenvalue weighted by Gasteiger charge is -2.21. The second kappa shape index (κ2) is 14.6. The second-order valence-corrected chi connectivity index (χ2v) is 10.3. The number of hydrogen-bond acceptors (Lipinski definition) is 6. The average molecular weight is 564 g/mol. The third-order valence-corrected chi connectivity index (χ3v) is 7.24. The van der Waals surface area contributed by atoms with Crippen molar-refractivity contribution in [2.45, 2.75) is 50.6 Å². The highest BCUT2D eigenvalue weighted by Gasteiger charge is 2.26. The third-order valence-electron chi connectivity index (χ3n) is 6.26. The molecule has 1 heterocycles. The van der Waals surface area contributed by atoms with Crippen LogP contribution in [0, 0.1) is 0 Å². The molecule has 8 N–H and O–H groups in total. The van der Waals surface area contributed by atoms with Crippen LogP contribution >= 0.6 is 11.3 Å². The Morgan fingerprint density at radius 1 is 0.700 bits per heavy atom. The van der Waals surface area contributed by atoms with E-state index in [0.29, 0.717) is 6.42 Å². The van der Waals surface area contributed by atoms with E-state index in [0.717, 1.165) is 27.1 Å². The van der Waals surface area contributed by atoms with E-state index >= 15 is 0 Å². The van der Waals surface area contributed by atoms with Crippen molar-refractivity contribution in [3.05, 3.63) is 71.6 Å². The quantitative estimate of drug-likeness (QED) is 0.189. The number of amides is 5. The van der Waals surface area contributed by atoms with Crippen molar-refractivity contribution >= 4 is 40.9 Å². The topological polar surface area (TPSA) is 187 Å². The summed E-state index contributed by atoms with van der Waals surface area (Å²) in [7, 11) is 0. The summed E-state index contributed by atoms with van der Waals surface area (Å²) < 4.78 is 0. The van der Waals surface area contributed by atoms with Crippen molar-refractivity contribution in [1.29, 1.82) is 0 Å². The zero-order valence-corrected chi connectivity index (χ0v) is 22.7. The standard InChI is InChI=1S/C29H33N5O5S/c30-25(35)13-11-22(28(32)38)34-29(39)23(12-14-26(31)36)33-27(37)15-8-18-6-9-20(10-7-18)24-16-21(17-40-24)19-4-2-1-3-5-19/h1-7,9-10,16-17,22-23H,8,11-15H2,(H2,30,35)(H2,31,36)(H2,32,38)(H,33,37)(H,34,39)/t22-,23-/m0/s1. The highest BCUT2D eigenvalue weighted by molar-refractivity contribution is 7.14. The summed E-state index contributed by atoms with van der Waals surface area (Å²) in [6.45, 7) is 0. The van der Waals surface area contributed by atoms with Crippen LogP contribution < -0.4 is 27.8 Å². The largest absolute Gasteiger partial charge is 0.370 e. The molecule has 10 nitrogen and oxygen atoms in total. The van der Waals surface area contributed by atoms with Gasteiger partial charge in [0.25, 0.3) is 0 Å². The molecule has 0 aliphatic carbocycles. The molecule has 40 heavy (non-hydrogen) atoms. The first kappa shape index (κ1) is 30.0. The number of benzene rings is 2. The Morgan fingerprint density at radius 3 is 1.93 bits per heavy atom. The first-order valence-electron chi connectivity index (χ1n) is 12.8. The number of aryl methyl sites for hydroxylation is 1. The Bertz CT molecular complexity index is 1340. The molecule has 11 heteroatoms. The lowest BCUT2D eigenvalue weighted by molar-refractivity contribution is -0.132. The molecule has 0 saturated carbocycles. The van der Waals surface area contributed by atoms with Gasteiger partial charge in [-0.05, 0) is 53.0 Å². The van der Waals surface area contributed by atoms with Crippen LogP contribution in [-0.2, 0) is 30.4 Å². The van der Waals surface area contributed by atoms with Crippen LogP contribution in [-0.4, -0.2) is 41.6 Å². The van der Waals surface area contributed by atoms with Gasteiger partial charge in [-0.1, -0.05) is 54.6 Å². The molecule has 2 aromatic carbocycles. The van der Waals surface area contributed by atoms with Crippen LogP contribution in [0.25, 0.3) is 21.6 Å². The smallest absolute Gasteiger partial charge is 0.243 e. The van der Waals surface area contributed by atoms with E-state index in [2.05, 4.69) is 34.2 Å². The van der Waals surface area contributed by atoms with Crippen LogP contribution in [0.15, 0.2) is 66.0 Å². The highest BCUT2D eigenvalue weighted by Crippen LogP contribution is 2.32. The van der Waals surface area contributed by atoms with Crippen LogP contribution in [0.4, 0.5) is 0 Å². The Hall–Kier alpha value is -4.51. The molecule has 3 rings (SSSR count). The molecule has 0 spiro atoms. The molecule has 210 valence electrons. The summed E-state index contributed by atoms with van der Waals surface area (Å²) in [6.07, 6.45) is 0.0651. The Balaban J connectivity index is 1.57. The van der Waals surface area contributed by atoms with Gasteiger partial charge in [0.05, 0.1) is 0 Å². The molecule has 0 radical (unpaired) electrons. The van der Waals surface area contributed by atoms with Crippen LogP contribution in [0.3, 0.4) is 0 Å². The Morgan fingerprint density at radius 2 is 1.32 bits per heavy atom. The number of nitrogens with one attached hydrogen (secondary N) is 2. The van der Waals surface area contributed by atoms with Crippen molar-refractivity contribution < 1.29 is 24.0 Å². The molecular weight excluding hydrogens is 530 g/mol. The van der Waals surface area contributed by atoms with Gasteiger partial charge in [-0.2, -0.15) is 0 Å². The zero-order valence-electron chi connectivity index (χ0n) is 21.9. The normalized spacial score (nSPS) is 12.2. The molecule has 0 aliphatic heterocycles. The van der Waals surface area contributed by atoms with Gasteiger partial charge < -0.3 is 27.8 Å². The fourth-order valence-corrected chi connectivity index (χ4v) is 4.95. The second-order valence-electron chi connectivity index (χ2n) is 9.36. The van der Waals surface area contributed by atoms with E-state index in [1.54, 1.807) is 11.3 Å². The maximum Gasteiger partial charge on any atom is 0.243 e. The van der Waals surface area contributed by atoms with Gasteiger partial charge in [0.2, 0.25) is 29.5 Å². The maximum absolute atomic E-state index is 12.8. The summed E-state index contributed by atoms with van der Waals surface area (Å²) >= 11 is 1.66. The first-order valence-corrected chi connectivity index (χ1v) is 13.7. The molecule has 0 aliphatic rings. The fourth-order valence-electron chi connectivity index (χ4n) is 4.03. The van der Waals surface area contributed by atoms with Gasteiger partial charge in [0.1, 0.15) is 12.1 Å². The van der Waals surface area contributed by atoms with Gasteiger partial charge in [-0.25, -0.2) is 0 Å². The van der Waals surface area contributed by atoms with Gasteiger partial charge in [-0.3, -0.25) is 24.0 Å². The minimum absolute atomic E-state index is 0.0608. The molecule has 5 amide bonds. The molecule has 0 fully saturated rings. The minimum Gasteiger partial charge on any atom is -0.370 e. The van der Waals surface area contributed by atoms with Gasteiger partial charge >= 0.3 is 0 Å². The van der Waals surface area contributed by atoms with Crippen LogP contribution in [0.1, 0.15) is 37.7 Å². The number of hydrogen-bond donors (Lipinski definition) is 5. The number of carbonyl (C=O) groups excluding carboxylic acids is 5. The lowest BCUT2D eigenvalue weighted by atomic mass is 10.0. The number of nitrogens with two attached hydrogens (primary N) is 3. The van der Waals surface area contributed by atoms with E-state index in [1.165, 1.54) is 0 Å². The number of carbonyl (C=O) groups is 5. The summed E-state index contributed by atoms with van der Waals surface area (Å²) in [5, 5.41) is 7.15. The van der Waals surface area contributed by atoms with E-state index in [4.69, 9.17) is 17.2 Å². The molecule has 0 bridgehead atoms. The van der Waals surface area contributed by atoms with Crippen molar-refractivity contribution in [2.75, 3.05) is 0 Å². The van der Waals surface area contributed by atoms with Crippen molar-refractivity contribution in [1.82, 2.24) is 10.6 Å². The fraction of sp³-hybridized carbons (Fsp3) is 0.276. The van der Waals surface area contributed by atoms with Crippen LogP contribution in [0.5, 0.6) is 0 Å². The number of primary amides is 3. The average Bonchev–Trinajstić information content (AvgIpc) is 3.43. The molecule has 0 saturated heterocycles. The van der Waals surface area contributed by atoms with Gasteiger partial charge in [0.15, 0.2) is 0 Å². The third kappa shape index (κ3) is 9.35. The molecular formula is C29H33N5O5S. The zero-order chi connectivity index (χ0) is 29.1. The van der Waals surface area contributed by atoms with E-state index in [9.17, 15) is 24.0 Å². The lowest BCUT2D eigenvalue weighted by Crippen LogP contribution is -2.53. The van der Waals surface area contributed by atoms with Crippen molar-refractivity contribution in [3.8, 4) is 21.6 Å². The predicted molar refractivity (Wildman–Crippen MR) is 153 cm³/mol. The summed E-state index contributed by atoms with van der Waals surface area (Å²) in [4.78, 5) is 60.6. The molecule has 2 atom stereocenters. The Kier molecular flexibility index (Phi) is 11.0. The predicted octanol–water partition coefficient (Wildman–Crippen LogP) is 2.00. The summed E-state index contributed by atoms with van der Waals surface area (Å²) in [5.41, 5.74) is 20.0. The van der Waals surface area contributed by atoms with Crippen LogP contribution in [0.2, 0.25) is 0 Å². The maximum atomic E-state index is 12.8. The van der Waals surface area contributed by atoms with E-state index < -0.39 is 41.6 Å². The monoisotopic (exact) mass is 563 g/mol. The molecule has 1 aromatic heterocycles. The highest BCUT2D eigenvalue weighted by atomic mass is 32.1. The summed E-state index contributed by atoms with van der Waals surface area (Å²) in [6, 6.07) is 18.0. The summed E-state index contributed by atoms with van der Waals surface area (Å²) in [5.74, 6) is -3.27. The first-order chi connectivity index (χ1) is 19.1. The number of rotatable bonds is 15. The molecule has 0 unspecified atom stereocenters. The minimum atomic E-state index is -1.15. The van der Waals surface area contributed by atoms with E-state index in [-0.39, 0.29) is 32.1 Å². The van der Waals surface area contributed by atoms with E-state index in [1.807, 2.05) is 42.5 Å². The number of thiophene rings is 1. The van der Waals surface area contributed by atoms with Crippen molar-refractivity contribution in [3.63, 3.8) is 0 Å². The molecule has 3 aromatic rings. The van der Waals surface area contributed by atoms with Gasteiger partial charge in [-0.15, -0.1) is 11.3 Å². The SMILES string of the molecule is NC(=O)CC[C@H](NC(=O)[C@H](CCC(N)=O)NC(=O)CCc1ccc(-c2cc(-c3ccccc3)cs2)cc1)C(N)=O. The Labute approximate surface area is 236 Å². The van der Waals surface area contributed by atoms with Gasteiger partial charge in [0, 0.05) is 24.1 Å².